The molecule has 126 valence electrons. The molecule has 1 saturated carbocycles. The minimum absolute atomic E-state index is 0.0362. The van der Waals surface area contributed by atoms with Crippen LogP contribution in [0.2, 0.25) is 0 Å². The highest BCUT2D eigenvalue weighted by Gasteiger charge is 2.30. The molecule has 7 nitrogen and oxygen atoms in total. The van der Waals surface area contributed by atoms with E-state index in [0.29, 0.717) is 0 Å². The summed E-state index contributed by atoms with van der Waals surface area (Å²) in [7, 11) is 0. The maximum Gasteiger partial charge on any atom is 0.242 e. The Labute approximate surface area is 136 Å². The van der Waals surface area contributed by atoms with Crippen molar-refractivity contribution in [2.24, 2.45) is 5.92 Å². The average Bonchev–Trinajstić information content (AvgIpc) is 3.30. The predicted octanol–water partition coefficient (Wildman–Crippen LogP) is 1.22. The summed E-state index contributed by atoms with van der Waals surface area (Å²) in [6.45, 7) is -0.445. The molecule has 2 aromatic rings. The summed E-state index contributed by atoms with van der Waals surface area (Å²) in [6.07, 6.45) is 3.16. The van der Waals surface area contributed by atoms with Gasteiger partial charge in [-0.1, -0.05) is 11.3 Å². The molecule has 1 fully saturated rings. The minimum Gasteiger partial charge on any atom is -0.350 e. The first-order valence-corrected chi connectivity index (χ1v) is 7.43. The van der Waals surface area contributed by atoms with Crippen molar-refractivity contribution in [1.29, 1.82) is 0 Å². The van der Waals surface area contributed by atoms with Crippen LogP contribution in [0.25, 0.3) is 0 Å². The van der Waals surface area contributed by atoms with E-state index in [1.807, 2.05) is 0 Å². The van der Waals surface area contributed by atoms with Crippen LogP contribution in [0.1, 0.15) is 18.4 Å². The van der Waals surface area contributed by atoms with Crippen LogP contribution in [0, 0.1) is 17.6 Å². The molecule has 1 aliphatic rings. The molecule has 0 spiro atoms. The summed E-state index contributed by atoms with van der Waals surface area (Å²) in [5.41, 5.74) is -0.207. The fourth-order valence-corrected chi connectivity index (χ4v) is 2.10. The second-order valence-electron chi connectivity index (χ2n) is 5.54. The number of halogens is 2. The molecule has 3 rings (SSSR count). The number of carbonyl (C=O) groups is 2. The number of nitrogens with one attached hydrogen (secondary N) is 2. The molecule has 1 aliphatic carbocycles. The number of amides is 2. The molecule has 1 aromatic carbocycles. The van der Waals surface area contributed by atoms with E-state index in [4.69, 9.17) is 0 Å². The maximum absolute atomic E-state index is 13.5. The van der Waals surface area contributed by atoms with Gasteiger partial charge in [0.05, 0.1) is 6.20 Å². The smallest absolute Gasteiger partial charge is 0.242 e. The summed E-state index contributed by atoms with van der Waals surface area (Å²) in [5.74, 6) is -1.74. The van der Waals surface area contributed by atoms with E-state index >= 15 is 0 Å². The van der Waals surface area contributed by atoms with Crippen molar-refractivity contribution in [3.8, 4) is 0 Å². The van der Waals surface area contributed by atoms with Crippen molar-refractivity contribution in [3.63, 3.8) is 0 Å². The van der Waals surface area contributed by atoms with Crippen molar-refractivity contribution in [2.45, 2.75) is 25.9 Å². The van der Waals surface area contributed by atoms with Crippen molar-refractivity contribution >= 4 is 17.6 Å². The standard InChI is InChI=1S/C15H15F2N5O2/c16-11-2-1-3-12(17)10(11)6-18-14(23)8-22-7-13(20-21-22)19-15(24)9-4-5-9/h1-3,7,9H,4-6,8H2,(H,18,23)(H,19,24). The van der Waals surface area contributed by atoms with Gasteiger partial charge in [0.2, 0.25) is 11.8 Å². The third-order valence-corrected chi connectivity index (χ3v) is 3.57. The average molecular weight is 335 g/mol. The topological polar surface area (TPSA) is 88.9 Å². The Morgan fingerprint density at radius 3 is 2.62 bits per heavy atom. The van der Waals surface area contributed by atoms with Crippen molar-refractivity contribution in [3.05, 3.63) is 41.6 Å². The number of hydrogen-bond acceptors (Lipinski definition) is 4. The Kier molecular flexibility index (Phi) is 4.50. The number of carbonyl (C=O) groups excluding carboxylic acids is 2. The van der Waals surface area contributed by atoms with Crippen molar-refractivity contribution < 1.29 is 18.4 Å². The molecule has 0 radical (unpaired) electrons. The van der Waals surface area contributed by atoms with Crippen molar-refractivity contribution in [1.82, 2.24) is 20.3 Å². The van der Waals surface area contributed by atoms with Gasteiger partial charge < -0.3 is 10.6 Å². The first-order chi connectivity index (χ1) is 11.5. The zero-order valence-corrected chi connectivity index (χ0v) is 12.6. The lowest BCUT2D eigenvalue weighted by molar-refractivity contribution is -0.122. The van der Waals surface area contributed by atoms with Gasteiger partial charge in [-0.25, -0.2) is 13.5 Å². The lowest BCUT2D eigenvalue weighted by Gasteiger charge is -2.07. The minimum atomic E-state index is -0.721. The van der Waals surface area contributed by atoms with E-state index in [-0.39, 0.29) is 36.3 Å². The SMILES string of the molecule is O=C(Cn1cc(NC(=O)C2CC2)nn1)NCc1c(F)cccc1F. The summed E-state index contributed by atoms with van der Waals surface area (Å²) >= 11 is 0. The lowest BCUT2D eigenvalue weighted by atomic mass is 10.2. The fraction of sp³-hybridized carbons (Fsp3) is 0.333. The lowest BCUT2D eigenvalue weighted by Crippen LogP contribution is -2.28. The Balaban J connectivity index is 1.51. The highest BCUT2D eigenvalue weighted by atomic mass is 19.1. The molecule has 0 aliphatic heterocycles. The summed E-state index contributed by atoms with van der Waals surface area (Å²) < 4.78 is 28.2. The van der Waals surface area contributed by atoms with Crippen LogP contribution >= 0.6 is 0 Å². The highest BCUT2D eigenvalue weighted by Crippen LogP contribution is 2.29. The van der Waals surface area contributed by atoms with Crippen LogP contribution in [0.4, 0.5) is 14.6 Å². The third-order valence-electron chi connectivity index (χ3n) is 3.57. The molecule has 0 saturated heterocycles. The fourth-order valence-electron chi connectivity index (χ4n) is 2.10. The van der Waals surface area contributed by atoms with Crippen LogP contribution in [-0.4, -0.2) is 26.8 Å². The highest BCUT2D eigenvalue weighted by molar-refractivity contribution is 5.93. The van der Waals surface area contributed by atoms with Gasteiger partial charge in [0.25, 0.3) is 0 Å². The van der Waals surface area contributed by atoms with Gasteiger partial charge in [0.1, 0.15) is 18.2 Å². The second kappa shape index (κ2) is 6.73. The Hall–Kier alpha value is -2.84. The molecule has 0 atom stereocenters. The second-order valence-corrected chi connectivity index (χ2v) is 5.54. The molecular formula is C15H15F2N5O2. The molecule has 9 heteroatoms. The zero-order valence-electron chi connectivity index (χ0n) is 12.6. The number of aromatic nitrogens is 3. The van der Waals surface area contributed by atoms with Gasteiger partial charge in [-0.05, 0) is 25.0 Å². The van der Waals surface area contributed by atoms with Gasteiger partial charge in [-0.3, -0.25) is 9.59 Å². The summed E-state index contributed by atoms with van der Waals surface area (Å²) in [4.78, 5) is 23.4. The van der Waals surface area contributed by atoms with Gasteiger partial charge in [-0.15, -0.1) is 5.10 Å². The van der Waals surface area contributed by atoms with Gasteiger partial charge in [0.15, 0.2) is 5.82 Å². The normalized spacial score (nSPS) is 13.6. The molecule has 0 bridgehead atoms. The molecule has 1 aromatic heterocycles. The van der Waals surface area contributed by atoms with E-state index in [2.05, 4.69) is 20.9 Å². The van der Waals surface area contributed by atoms with E-state index < -0.39 is 17.5 Å². The first kappa shape index (κ1) is 16.0. The van der Waals surface area contributed by atoms with E-state index in [1.165, 1.54) is 16.9 Å². The Bertz CT molecular complexity index is 753. The monoisotopic (exact) mass is 335 g/mol. The number of nitrogens with zero attached hydrogens (tertiary/aromatic N) is 3. The Morgan fingerprint density at radius 1 is 1.25 bits per heavy atom. The van der Waals surface area contributed by atoms with Gasteiger partial charge in [0, 0.05) is 18.0 Å². The van der Waals surface area contributed by atoms with Crippen LogP contribution in [-0.2, 0) is 22.7 Å². The van der Waals surface area contributed by atoms with E-state index in [9.17, 15) is 18.4 Å². The van der Waals surface area contributed by atoms with Gasteiger partial charge >= 0.3 is 0 Å². The summed E-state index contributed by atoms with van der Waals surface area (Å²) in [5, 5.41) is 12.5. The molecule has 2 amide bonds. The molecule has 24 heavy (non-hydrogen) atoms. The summed E-state index contributed by atoms with van der Waals surface area (Å²) in [6, 6.07) is 3.50. The molecular weight excluding hydrogens is 320 g/mol. The Morgan fingerprint density at radius 2 is 1.96 bits per heavy atom. The van der Waals surface area contributed by atoms with Crippen LogP contribution in [0.5, 0.6) is 0 Å². The number of anilines is 1. The maximum atomic E-state index is 13.5. The molecule has 1 heterocycles. The molecule has 0 unspecified atom stereocenters. The van der Waals surface area contributed by atoms with E-state index in [0.717, 1.165) is 25.0 Å². The third kappa shape index (κ3) is 3.92. The first-order valence-electron chi connectivity index (χ1n) is 7.43. The quantitative estimate of drug-likeness (QED) is 0.831. The number of hydrogen-bond donors (Lipinski definition) is 2. The predicted molar refractivity (Wildman–Crippen MR) is 79.6 cm³/mol. The number of rotatable bonds is 6. The van der Waals surface area contributed by atoms with Crippen LogP contribution in [0.15, 0.2) is 24.4 Å². The van der Waals surface area contributed by atoms with Crippen molar-refractivity contribution in [2.75, 3.05) is 5.32 Å². The van der Waals surface area contributed by atoms with Crippen LogP contribution < -0.4 is 10.6 Å². The zero-order chi connectivity index (χ0) is 17.1. The van der Waals surface area contributed by atoms with Crippen LogP contribution in [0.3, 0.4) is 0 Å². The molecule has 2 N–H and O–H groups in total. The largest absolute Gasteiger partial charge is 0.350 e. The number of benzene rings is 1. The van der Waals surface area contributed by atoms with Gasteiger partial charge in [-0.2, -0.15) is 0 Å². The van der Waals surface area contributed by atoms with E-state index in [1.54, 1.807) is 0 Å².